The number of carbonyl (C=O) groups excluding carboxylic acids is 2. The van der Waals surface area contributed by atoms with E-state index in [0.29, 0.717) is 17.6 Å². The van der Waals surface area contributed by atoms with Crippen LogP contribution >= 0.6 is 22.9 Å². The molecule has 1 rings (SSSR count). The third-order valence-corrected chi connectivity index (χ3v) is 3.90. The van der Waals surface area contributed by atoms with Crippen LogP contribution in [0.2, 0.25) is 5.15 Å². The van der Waals surface area contributed by atoms with Gasteiger partial charge in [0.1, 0.15) is 0 Å². The molecule has 0 aliphatic rings. The van der Waals surface area contributed by atoms with Gasteiger partial charge in [0, 0.05) is 13.6 Å². The first-order valence-electron chi connectivity index (χ1n) is 6.07. The number of methoxy groups -OCH3 is 1. The molecule has 0 bridgehead atoms. The molecule has 0 saturated carbocycles. The highest BCUT2D eigenvalue weighted by Crippen LogP contribution is 2.29. The summed E-state index contributed by atoms with van der Waals surface area (Å²) in [6.07, 6.45) is 0. The molecule has 112 valence electrons. The number of hydrogen-bond acceptors (Lipinski definition) is 6. The van der Waals surface area contributed by atoms with Crippen LogP contribution in [0.25, 0.3) is 0 Å². The highest BCUT2D eigenvalue weighted by molar-refractivity contribution is 7.18. The van der Waals surface area contributed by atoms with Gasteiger partial charge in [-0.2, -0.15) is 0 Å². The molecule has 8 heteroatoms. The predicted octanol–water partition coefficient (Wildman–Crippen LogP) is 1.79. The van der Waals surface area contributed by atoms with Gasteiger partial charge in [0.15, 0.2) is 15.2 Å². The van der Waals surface area contributed by atoms with Crippen molar-refractivity contribution in [1.29, 1.82) is 0 Å². The molecule has 0 fully saturated rings. The van der Waals surface area contributed by atoms with Crippen LogP contribution in [0.15, 0.2) is 0 Å². The van der Waals surface area contributed by atoms with E-state index in [-0.39, 0.29) is 22.5 Å². The lowest BCUT2D eigenvalue weighted by Gasteiger charge is -2.15. The van der Waals surface area contributed by atoms with E-state index in [1.54, 1.807) is 11.9 Å². The lowest BCUT2D eigenvalue weighted by atomic mass is 10.2. The topological polar surface area (TPSA) is 71.5 Å². The number of thiazole rings is 1. The molecular formula is C12H18ClN3O3S. The quantitative estimate of drug-likeness (QED) is 0.809. The van der Waals surface area contributed by atoms with Crippen molar-refractivity contribution >= 4 is 39.9 Å². The number of nitrogens with zero attached hydrogens (tertiary/aromatic N) is 2. The maximum atomic E-state index is 11.7. The molecular weight excluding hydrogens is 302 g/mol. The van der Waals surface area contributed by atoms with E-state index in [0.717, 1.165) is 11.3 Å². The molecule has 6 nitrogen and oxygen atoms in total. The fourth-order valence-electron chi connectivity index (χ4n) is 1.33. The first-order valence-corrected chi connectivity index (χ1v) is 7.27. The Morgan fingerprint density at radius 2 is 2.15 bits per heavy atom. The van der Waals surface area contributed by atoms with Gasteiger partial charge in [0.2, 0.25) is 5.91 Å². The number of ether oxygens (including phenoxy) is 1. The van der Waals surface area contributed by atoms with E-state index >= 15 is 0 Å². The number of anilines is 1. The summed E-state index contributed by atoms with van der Waals surface area (Å²) in [5.41, 5.74) is 0. The summed E-state index contributed by atoms with van der Waals surface area (Å²) in [4.78, 5) is 29.1. The fraction of sp³-hybridized carbons (Fsp3) is 0.583. The van der Waals surface area contributed by atoms with Crippen molar-refractivity contribution in [1.82, 2.24) is 10.3 Å². The second-order valence-corrected chi connectivity index (χ2v) is 6.00. The molecule has 0 aliphatic carbocycles. The van der Waals surface area contributed by atoms with Crippen molar-refractivity contribution in [3.8, 4) is 0 Å². The zero-order chi connectivity index (χ0) is 15.3. The number of likely N-dealkylation sites (N-methyl/N-ethyl adjacent to an activating group) is 1. The second kappa shape index (κ2) is 7.44. The number of aromatic nitrogens is 1. The van der Waals surface area contributed by atoms with Gasteiger partial charge in [0.05, 0.1) is 13.7 Å². The molecule has 1 aromatic rings. The zero-order valence-electron chi connectivity index (χ0n) is 11.9. The highest BCUT2D eigenvalue weighted by atomic mass is 35.5. The van der Waals surface area contributed by atoms with E-state index in [4.69, 9.17) is 11.6 Å². The Kier molecular flexibility index (Phi) is 6.22. The highest BCUT2D eigenvalue weighted by Gasteiger charge is 2.20. The van der Waals surface area contributed by atoms with E-state index in [2.05, 4.69) is 15.0 Å². The summed E-state index contributed by atoms with van der Waals surface area (Å²) >= 11 is 6.97. The smallest absolute Gasteiger partial charge is 0.351 e. The summed E-state index contributed by atoms with van der Waals surface area (Å²) in [5, 5.41) is 3.39. The van der Waals surface area contributed by atoms with Crippen LogP contribution in [-0.2, 0) is 9.53 Å². The molecule has 0 saturated heterocycles. The third kappa shape index (κ3) is 4.64. The third-order valence-electron chi connectivity index (χ3n) is 2.36. The summed E-state index contributed by atoms with van der Waals surface area (Å²) in [7, 11) is 2.99. The Morgan fingerprint density at radius 3 is 2.70 bits per heavy atom. The van der Waals surface area contributed by atoms with Crippen LogP contribution in [0.3, 0.4) is 0 Å². The average molecular weight is 320 g/mol. The van der Waals surface area contributed by atoms with E-state index in [1.165, 1.54) is 7.11 Å². The van der Waals surface area contributed by atoms with Crippen molar-refractivity contribution in [3.63, 3.8) is 0 Å². The van der Waals surface area contributed by atoms with Gasteiger partial charge in [-0.3, -0.25) is 4.79 Å². The Labute approximate surface area is 127 Å². The summed E-state index contributed by atoms with van der Waals surface area (Å²) in [6, 6.07) is 0. The van der Waals surface area contributed by atoms with Crippen molar-refractivity contribution in [2.24, 2.45) is 5.92 Å². The van der Waals surface area contributed by atoms with Gasteiger partial charge >= 0.3 is 5.97 Å². The van der Waals surface area contributed by atoms with Crippen LogP contribution in [0, 0.1) is 5.92 Å². The lowest BCUT2D eigenvalue weighted by Crippen LogP contribution is -2.36. The van der Waals surface area contributed by atoms with Crippen molar-refractivity contribution in [3.05, 3.63) is 10.0 Å². The minimum Gasteiger partial charge on any atom is -0.465 e. The van der Waals surface area contributed by atoms with Gasteiger partial charge in [-0.15, -0.1) is 0 Å². The minimum atomic E-state index is -0.531. The van der Waals surface area contributed by atoms with Crippen molar-refractivity contribution in [2.75, 3.05) is 32.1 Å². The second-order valence-electron chi connectivity index (χ2n) is 4.66. The van der Waals surface area contributed by atoms with Gasteiger partial charge < -0.3 is 15.0 Å². The van der Waals surface area contributed by atoms with Crippen LogP contribution in [-0.4, -0.2) is 44.1 Å². The maximum absolute atomic E-state index is 11.7. The summed E-state index contributed by atoms with van der Waals surface area (Å²) < 4.78 is 4.61. The molecule has 20 heavy (non-hydrogen) atoms. The van der Waals surface area contributed by atoms with E-state index in [1.807, 2.05) is 13.8 Å². The number of hydrogen-bond donors (Lipinski definition) is 1. The molecule has 0 aromatic carbocycles. The van der Waals surface area contributed by atoms with E-state index in [9.17, 15) is 9.59 Å². The molecule has 1 N–H and O–H groups in total. The normalized spacial score (nSPS) is 10.5. The Morgan fingerprint density at radius 1 is 1.50 bits per heavy atom. The van der Waals surface area contributed by atoms with Gasteiger partial charge in [-0.25, -0.2) is 9.78 Å². The molecule has 1 heterocycles. The largest absolute Gasteiger partial charge is 0.465 e. The first-order chi connectivity index (χ1) is 9.35. The Balaban J connectivity index is 2.66. The fourth-order valence-corrected chi connectivity index (χ4v) is 2.49. The van der Waals surface area contributed by atoms with Gasteiger partial charge in [-0.05, 0) is 5.92 Å². The maximum Gasteiger partial charge on any atom is 0.351 e. The zero-order valence-corrected chi connectivity index (χ0v) is 13.5. The molecule has 1 amide bonds. The van der Waals surface area contributed by atoms with Crippen LogP contribution in [0.1, 0.15) is 23.5 Å². The molecule has 0 aliphatic heterocycles. The molecule has 0 spiro atoms. The molecule has 0 unspecified atom stereocenters. The Hall–Kier alpha value is -1.34. The van der Waals surface area contributed by atoms with E-state index < -0.39 is 5.97 Å². The van der Waals surface area contributed by atoms with Crippen LogP contribution in [0.5, 0.6) is 0 Å². The van der Waals surface area contributed by atoms with Crippen molar-refractivity contribution < 1.29 is 14.3 Å². The summed E-state index contributed by atoms with van der Waals surface area (Å²) in [5.74, 6) is -0.243. The minimum absolute atomic E-state index is 0.0892. The van der Waals surface area contributed by atoms with Gasteiger partial charge in [0.25, 0.3) is 0 Å². The number of amides is 1. The average Bonchev–Trinajstić information content (AvgIpc) is 2.77. The number of esters is 1. The lowest BCUT2D eigenvalue weighted by molar-refractivity contribution is -0.119. The standard InChI is InChI=1S/C12H18ClN3O3S/c1-7(2)5-14-8(17)6-16(3)12-15-10(13)9(20-12)11(18)19-4/h7H,5-6H2,1-4H3,(H,14,17). The monoisotopic (exact) mass is 319 g/mol. The number of rotatable bonds is 6. The molecule has 1 aromatic heterocycles. The number of nitrogens with one attached hydrogen (secondary N) is 1. The summed E-state index contributed by atoms with van der Waals surface area (Å²) in [6.45, 7) is 4.82. The number of halogens is 1. The van der Waals surface area contributed by atoms with Crippen LogP contribution in [0.4, 0.5) is 5.13 Å². The molecule has 0 radical (unpaired) electrons. The Bertz CT molecular complexity index is 490. The predicted molar refractivity (Wildman–Crippen MR) is 79.6 cm³/mol. The SMILES string of the molecule is COC(=O)c1sc(N(C)CC(=O)NCC(C)C)nc1Cl. The molecule has 0 atom stereocenters. The first kappa shape index (κ1) is 16.7. The van der Waals surface area contributed by atoms with Crippen molar-refractivity contribution in [2.45, 2.75) is 13.8 Å². The number of carbonyl (C=O) groups is 2. The van der Waals surface area contributed by atoms with Gasteiger partial charge in [-0.1, -0.05) is 36.8 Å². The van der Waals surface area contributed by atoms with Crippen LogP contribution < -0.4 is 10.2 Å².